The summed E-state index contributed by atoms with van der Waals surface area (Å²) in [6, 6.07) is -0.672. The van der Waals surface area contributed by atoms with Gasteiger partial charge in [0.2, 0.25) is 0 Å². The quantitative estimate of drug-likeness (QED) is 0.0399. The first-order valence-corrected chi connectivity index (χ1v) is 24.5. The first-order chi connectivity index (χ1) is 33.3. The Morgan fingerprint density at radius 3 is 1.23 bits per heavy atom. The van der Waals surface area contributed by atoms with Crippen LogP contribution in [0.25, 0.3) is 0 Å². The molecule has 2 saturated carbocycles. The van der Waals surface area contributed by atoms with Gasteiger partial charge in [-0.1, -0.05) is 67.9 Å². The van der Waals surface area contributed by atoms with Gasteiger partial charge in [0, 0.05) is 47.5 Å². The molecule has 412 valence electrons. The molecular weight excluding hydrogens is 949 g/mol. The van der Waals surface area contributed by atoms with E-state index in [0.29, 0.717) is 38.5 Å². The van der Waals surface area contributed by atoms with Gasteiger partial charge in [0.05, 0.1) is 6.61 Å². The van der Waals surface area contributed by atoms with Crippen LogP contribution in [-0.4, -0.2) is 130 Å². The van der Waals surface area contributed by atoms with Gasteiger partial charge in [-0.15, -0.1) is 0 Å². The lowest BCUT2D eigenvalue weighted by molar-refractivity contribution is -0.152. The van der Waals surface area contributed by atoms with E-state index in [4.69, 9.17) is 37.9 Å². The number of hydrogen-bond donors (Lipinski definition) is 4. The van der Waals surface area contributed by atoms with Crippen molar-refractivity contribution in [1.82, 2.24) is 21.3 Å². The fourth-order valence-corrected chi connectivity index (χ4v) is 9.35. The highest BCUT2D eigenvalue weighted by atomic mass is 16.6. The van der Waals surface area contributed by atoms with E-state index in [1.54, 1.807) is 27.7 Å². The number of ether oxygens (including phenoxy) is 8. The standard InChI is InChI=1S/C53H84N4O16/c1-32(2)40(58)66-23-38(24-67-41(59)33(3)4)71-45(63)54-29-52(17)21-36(19-48(9,10)27-52)56-44(62)51(15,16)70-31-50(13,14)73-46(64)55-30-53(18)22-37(20-49(11,12)28-53)57-47(65)72-39(25-68-42(60)34(5)6)26-69-43(61)35(7)8/h36-39H,1,3,5,7,19-31H2,2,4,6,8-18H3,(H,54,63)(H,55,64)(H,56,62)(H,57,65). The molecule has 0 heterocycles. The maximum absolute atomic E-state index is 13.8. The lowest BCUT2D eigenvalue weighted by Crippen LogP contribution is -2.55. The van der Waals surface area contributed by atoms with Crippen molar-refractivity contribution >= 4 is 48.1 Å². The first-order valence-electron chi connectivity index (χ1n) is 24.5. The van der Waals surface area contributed by atoms with E-state index < -0.39 is 76.4 Å². The molecule has 20 nitrogen and oxygen atoms in total. The molecule has 20 heteroatoms. The molecule has 0 bridgehead atoms. The number of carbonyl (C=O) groups is 8. The number of alkyl carbamates (subject to hydrolysis) is 3. The molecule has 73 heavy (non-hydrogen) atoms. The number of esters is 4. The molecule has 0 spiro atoms. The molecule has 4 unspecified atom stereocenters. The maximum Gasteiger partial charge on any atom is 0.407 e. The monoisotopic (exact) mass is 1030 g/mol. The first kappa shape index (κ1) is 63.2. The number of rotatable bonds is 25. The highest BCUT2D eigenvalue weighted by Gasteiger charge is 2.45. The maximum atomic E-state index is 13.8. The summed E-state index contributed by atoms with van der Waals surface area (Å²) in [4.78, 5) is 102. The summed E-state index contributed by atoms with van der Waals surface area (Å²) in [5.41, 5.74) is -3.44. The third kappa shape index (κ3) is 23.2. The van der Waals surface area contributed by atoms with Crippen LogP contribution in [0.15, 0.2) is 48.6 Å². The average Bonchev–Trinajstić information content (AvgIpc) is 3.23. The van der Waals surface area contributed by atoms with Crippen LogP contribution < -0.4 is 21.3 Å². The SMILES string of the molecule is C=C(C)C(=O)OCC(COC(=O)C(=C)C)OC(=O)NCC1(C)CC(NC(=O)C(C)(C)OCC(C)(C)OC(=O)NCC2(C)CC(NC(=O)OC(COC(=O)C(=C)C)COC(=O)C(=C)C)CC(C)(C)C2)CC(C)(C)C1. The Balaban J connectivity index is 1.99. The Morgan fingerprint density at radius 2 is 0.863 bits per heavy atom. The van der Waals surface area contributed by atoms with E-state index in [1.807, 2.05) is 13.8 Å². The van der Waals surface area contributed by atoms with Gasteiger partial charge in [-0.25, -0.2) is 33.6 Å². The van der Waals surface area contributed by atoms with Gasteiger partial charge in [-0.2, -0.15) is 0 Å². The molecule has 0 radical (unpaired) electrons. The minimum atomic E-state index is -1.35. The van der Waals surface area contributed by atoms with E-state index in [-0.39, 0.29) is 97.2 Å². The van der Waals surface area contributed by atoms with Gasteiger partial charge in [0.15, 0.2) is 12.2 Å². The highest BCUT2D eigenvalue weighted by Crippen LogP contribution is 2.47. The van der Waals surface area contributed by atoms with Crippen molar-refractivity contribution in [2.24, 2.45) is 21.7 Å². The topological polar surface area (TPSA) is 259 Å². The zero-order valence-electron chi connectivity index (χ0n) is 45.9. The minimum absolute atomic E-state index is 0.126. The van der Waals surface area contributed by atoms with Crippen molar-refractivity contribution in [2.45, 2.75) is 171 Å². The van der Waals surface area contributed by atoms with Crippen LogP contribution in [0.1, 0.15) is 135 Å². The van der Waals surface area contributed by atoms with Gasteiger partial charge in [-0.3, -0.25) is 4.79 Å². The molecule has 0 aromatic heterocycles. The molecule has 0 aromatic carbocycles. The molecule has 2 fully saturated rings. The van der Waals surface area contributed by atoms with Crippen LogP contribution in [0.3, 0.4) is 0 Å². The van der Waals surface area contributed by atoms with Gasteiger partial charge in [0.25, 0.3) is 5.91 Å². The lowest BCUT2D eigenvalue weighted by Gasteiger charge is -2.47. The third-order valence-electron chi connectivity index (χ3n) is 12.1. The summed E-state index contributed by atoms with van der Waals surface area (Å²) in [5.74, 6) is -3.17. The second-order valence-corrected chi connectivity index (χ2v) is 23.4. The summed E-state index contributed by atoms with van der Waals surface area (Å²) in [5, 5.41) is 11.7. The predicted octanol–water partition coefficient (Wildman–Crippen LogP) is 7.24. The van der Waals surface area contributed by atoms with Crippen molar-refractivity contribution < 1.29 is 76.3 Å². The zero-order chi connectivity index (χ0) is 55.9. The highest BCUT2D eigenvalue weighted by molar-refractivity contribution is 5.88. The molecule has 0 aliphatic heterocycles. The summed E-state index contributed by atoms with van der Waals surface area (Å²) in [6.07, 6.45) is -0.916. The molecule has 0 aromatic rings. The number of hydrogen-bond acceptors (Lipinski definition) is 16. The van der Waals surface area contributed by atoms with Gasteiger partial charge in [-0.05, 0) is 116 Å². The van der Waals surface area contributed by atoms with Crippen LogP contribution in [0.4, 0.5) is 14.4 Å². The van der Waals surface area contributed by atoms with Gasteiger partial charge >= 0.3 is 42.2 Å². The fourth-order valence-electron chi connectivity index (χ4n) is 9.35. The second-order valence-electron chi connectivity index (χ2n) is 23.4. The molecule has 2 aliphatic rings. The second kappa shape index (κ2) is 26.3. The van der Waals surface area contributed by atoms with Crippen molar-refractivity contribution in [2.75, 3.05) is 46.1 Å². The van der Waals surface area contributed by atoms with E-state index in [1.165, 1.54) is 27.7 Å². The number of amides is 4. The van der Waals surface area contributed by atoms with Crippen molar-refractivity contribution in [1.29, 1.82) is 0 Å². The minimum Gasteiger partial charge on any atom is -0.458 e. The molecule has 2 aliphatic carbocycles. The fraction of sp³-hybridized carbons (Fsp3) is 0.698. The van der Waals surface area contributed by atoms with E-state index in [0.717, 1.165) is 0 Å². The zero-order valence-corrected chi connectivity index (χ0v) is 45.9. The predicted molar refractivity (Wildman–Crippen MR) is 271 cm³/mol. The van der Waals surface area contributed by atoms with Crippen LogP contribution in [0.2, 0.25) is 0 Å². The summed E-state index contributed by atoms with van der Waals surface area (Å²) in [7, 11) is 0. The van der Waals surface area contributed by atoms with Crippen LogP contribution in [0, 0.1) is 21.7 Å². The lowest BCUT2D eigenvalue weighted by atomic mass is 9.62. The molecule has 2 rings (SSSR count). The Bertz CT molecular complexity index is 2030. The van der Waals surface area contributed by atoms with Gasteiger partial charge in [0.1, 0.15) is 37.6 Å². The molecule has 0 saturated heterocycles. The van der Waals surface area contributed by atoms with E-state index in [2.05, 4.69) is 75.3 Å². The summed E-state index contributed by atoms with van der Waals surface area (Å²) >= 11 is 0. The normalized spacial score (nSPS) is 21.3. The average molecular weight is 1030 g/mol. The molecule has 4 N–H and O–H groups in total. The third-order valence-corrected chi connectivity index (χ3v) is 12.1. The molecule has 4 atom stereocenters. The summed E-state index contributed by atoms with van der Waals surface area (Å²) in [6.45, 7) is 37.7. The van der Waals surface area contributed by atoms with Crippen LogP contribution in [-0.2, 0) is 61.9 Å². The number of nitrogens with one attached hydrogen (secondary N) is 4. The molecular formula is C53H84N4O16. The van der Waals surface area contributed by atoms with Gasteiger partial charge < -0.3 is 59.2 Å². The Morgan fingerprint density at radius 1 is 0.521 bits per heavy atom. The summed E-state index contributed by atoms with van der Waals surface area (Å²) < 4.78 is 43.6. The van der Waals surface area contributed by atoms with E-state index >= 15 is 0 Å². The van der Waals surface area contributed by atoms with E-state index in [9.17, 15) is 38.4 Å². The van der Waals surface area contributed by atoms with Crippen LogP contribution >= 0.6 is 0 Å². The molecule has 4 amide bonds. The largest absolute Gasteiger partial charge is 0.458 e. The Hall–Kier alpha value is -5.92. The van der Waals surface area contributed by atoms with Crippen LogP contribution in [0.5, 0.6) is 0 Å². The Labute approximate surface area is 431 Å². The van der Waals surface area contributed by atoms with Crippen molar-refractivity contribution in [3.05, 3.63) is 48.6 Å². The smallest absolute Gasteiger partial charge is 0.407 e. The van der Waals surface area contributed by atoms with Crippen molar-refractivity contribution in [3.63, 3.8) is 0 Å². The van der Waals surface area contributed by atoms with Crippen molar-refractivity contribution in [3.8, 4) is 0 Å². The number of carbonyl (C=O) groups excluding carboxylic acids is 8. The Kier molecular flexibility index (Phi) is 22.8.